The van der Waals surface area contributed by atoms with Crippen molar-refractivity contribution in [2.24, 2.45) is 0 Å². The minimum Gasteiger partial charge on any atom is -0.503 e. The number of benzene rings is 2. The van der Waals surface area contributed by atoms with Crippen LogP contribution in [0.5, 0.6) is 0 Å². The van der Waals surface area contributed by atoms with Crippen molar-refractivity contribution in [3.63, 3.8) is 0 Å². The van der Waals surface area contributed by atoms with Crippen LogP contribution in [0.4, 0.5) is 0 Å². The summed E-state index contributed by atoms with van der Waals surface area (Å²) in [5, 5.41) is 11.7. The van der Waals surface area contributed by atoms with Gasteiger partial charge in [0.05, 0.1) is 37.6 Å². The standard InChI is InChI=1S/C26H24Cl2N4O3S/c1-14-24(36-26-29-18-7-4-5-8-19(18)32(14)26)22(33)20-21(15-9-10-16(27)17(28)13-15)31(25(35)23(20)34)12-6-11-30(2)3/h4-5,7-10,13,21,34H,6,11-12H2,1-3H3. The Kier molecular flexibility index (Phi) is 6.55. The number of thiazole rings is 1. The van der Waals surface area contributed by atoms with Crippen LogP contribution in [0, 0.1) is 6.92 Å². The molecule has 1 unspecified atom stereocenters. The van der Waals surface area contributed by atoms with E-state index >= 15 is 0 Å². The van der Waals surface area contributed by atoms with Gasteiger partial charge in [-0.3, -0.25) is 14.0 Å². The average molecular weight is 543 g/mol. The number of Topliss-reactive ketones (excluding diaryl/α,β-unsaturated/α-hetero) is 1. The number of hydrogen-bond donors (Lipinski definition) is 1. The molecule has 3 heterocycles. The molecule has 1 aliphatic heterocycles. The fourth-order valence-electron chi connectivity index (χ4n) is 4.70. The number of aliphatic hydroxyl groups excluding tert-OH is 1. The maximum Gasteiger partial charge on any atom is 0.290 e. The molecule has 10 heteroatoms. The molecule has 0 saturated carbocycles. The van der Waals surface area contributed by atoms with Crippen molar-refractivity contribution >= 4 is 62.2 Å². The molecule has 4 aromatic rings. The number of halogens is 2. The lowest BCUT2D eigenvalue weighted by atomic mass is 9.95. The van der Waals surface area contributed by atoms with E-state index in [1.165, 1.54) is 16.2 Å². The second kappa shape index (κ2) is 9.52. The molecule has 0 fully saturated rings. The summed E-state index contributed by atoms with van der Waals surface area (Å²) in [4.78, 5) is 36.5. The highest BCUT2D eigenvalue weighted by Gasteiger charge is 2.44. The molecule has 2 aromatic carbocycles. The minimum atomic E-state index is -0.785. The van der Waals surface area contributed by atoms with E-state index in [-0.39, 0.29) is 5.57 Å². The number of aryl methyl sites for hydroxylation is 1. The van der Waals surface area contributed by atoms with Gasteiger partial charge in [0.15, 0.2) is 10.7 Å². The monoisotopic (exact) mass is 542 g/mol. The first-order chi connectivity index (χ1) is 17.2. The summed E-state index contributed by atoms with van der Waals surface area (Å²) in [5.74, 6) is -1.50. The minimum absolute atomic E-state index is 0.0418. The molecule has 0 saturated heterocycles. The first-order valence-corrected chi connectivity index (χ1v) is 13.0. The third kappa shape index (κ3) is 4.08. The van der Waals surface area contributed by atoms with Crippen molar-refractivity contribution < 1.29 is 14.7 Å². The Hall–Kier alpha value is -2.91. The number of nitrogens with zero attached hydrogens (tertiary/aromatic N) is 4. The van der Waals surface area contributed by atoms with E-state index in [1.54, 1.807) is 18.2 Å². The number of hydrogen-bond acceptors (Lipinski definition) is 6. The number of carbonyl (C=O) groups is 2. The lowest BCUT2D eigenvalue weighted by Crippen LogP contribution is -2.33. The van der Waals surface area contributed by atoms with E-state index in [0.29, 0.717) is 44.1 Å². The van der Waals surface area contributed by atoms with Crippen LogP contribution in [0.2, 0.25) is 10.0 Å². The average Bonchev–Trinajstić information content (AvgIpc) is 3.45. The first-order valence-electron chi connectivity index (χ1n) is 11.4. The predicted octanol–water partition coefficient (Wildman–Crippen LogP) is 5.69. The van der Waals surface area contributed by atoms with Gasteiger partial charge in [0.1, 0.15) is 0 Å². The largest absolute Gasteiger partial charge is 0.503 e. The molecule has 5 rings (SSSR count). The second-order valence-electron chi connectivity index (χ2n) is 9.06. The van der Waals surface area contributed by atoms with Gasteiger partial charge in [0.25, 0.3) is 5.91 Å². The van der Waals surface area contributed by atoms with Crippen LogP contribution in [0.3, 0.4) is 0 Å². The van der Waals surface area contributed by atoms with E-state index in [9.17, 15) is 14.7 Å². The Morgan fingerprint density at radius 3 is 2.64 bits per heavy atom. The Bertz CT molecular complexity index is 1560. The molecule has 0 radical (unpaired) electrons. The zero-order valence-electron chi connectivity index (χ0n) is 20.0. The summed E-state index contributed by atoms with van der Waals surface area (Å²) in [5.41, 5.74) is 3.09. The smallest absolute Gasteiger partial charge is 0.290 e. The summed E-state index contributed by atoms with van der Waals surface area (Å²) in [6.45, 7) is 2.96. The Morgan fingerprint density at radius 1 is 1.17 bits per heavy atom. The molecular formula is C26H24Cl2N4O3S. The zero-order chi connectivity index (χ0) is 25.7. The van der Waals surface area contributed by atoms with Crippen LogP contribution in [-0.4, -0.2) is 63.2 Å². The highest BCUT2D eigenvalue weighted by molar-refractivity contribution is 7.19. The third-order valence-corrected chi connectivity index (χ3v) is 8.29. The Morgan fingerprint density at radius 2 is 1.92 bits per heavy atom. The number of aliphatic hydroxyl groups is 1. The van der Waals surface area contributed by atoms with Gasteiger partial charge in [0.2, 0.25) is 5.78 Å². The number of para-hydroxylation sites is 2. The quantitative estimate of drug-likeness (QED) is 0.303. The van der Waals surface area contributed by atoms with Crippen molar-refractivity contribution in [1.82, 2.24) is 19.2 Å². The fourth-order valence-corrected chi connectivity index (χ4v) is 6.10. The van der Waals surface area contributed by atoms with Crippen molar-refractivity contribution in [3.05, 3.63) is 80.0 Å². The Balaban J connectivity index is 1.61. The van der Waals surface area contributed by atoms with Crippen LogP contribution in [0.1, 0.15) is 33.4 Å². The molecular weight excluding hydrogens is 519 g/mol. The van der Waals surface area contributed by atoms with Crippen LogP contribution < -0.4 is 0 Å². The van der Waals surface area contributed by atoms with Crippen molar-refractivity contribution in [2.45, 2.75) is 19.4 Å². The van der Waals surface area contributed by atoms with E-state index in [2.05, 4.69) is 4.98 Å². The number of carbonyl (C=O) groups excluding carboxylic acids is 2. The number of rotatable bonds is 7. The third-order valence-electron chi connectivity index (χ3n) is 6.41. The van der Waals surface area contributed by atoms with Crippen LogP contribution in [0.15, 0.2) is 53.8 Å². The molecule has 1 atom stereocenters. The van der Waals surface area contributed by atoms with Crippen molar-refractivity contribution in [2.75, 3.05) is 27.2 Å². The summed E-state index contributed by atoms with van der Waals surface area (Å²) in [7, 11) is 3.90. The van der Waals surface area contributed by atoms with Crippen molar-refractivity contribution in [3.8, 4) is 0 Å². The number of aromatic nitrogens is 2. The SMILES string of the molecule is Cc1c(C(=O)C2=C(O)C(=O)N(CCCN(C)C)C2c2ccc(Cl)c(Cl)c2)sc2nc3ccccc3n12. The number of fused-ring (bicyclic) bond motifs is 3. The highest BCUT2D eigenvalue weighted by atomic mass is 35.5. The van der Waals surface area contributed by atoms with Crippen LogP contribution >= 0.6 is 34.5 Å². The topological polar surface area (TPSA) is 78.2 Å². The molecule has 1 N–H and O–H groups in total. The molecule has 1 aliphatic rings. The van der Waals surface area contributed by atoms with Crippen LogP contribution in [0.25, 0.3) is 16.0 Å². The number of amides is 1. The summed E-state index contributed by atoms with van der Waals surface area (Å²) < 4.78 is 1.94. The van der Waals surface area contributed by atoms with Gasteiger partial charge < -0.3 is 14.9 Å². The number of imidazole rings is 1. The Labute approximate surface area is 222 Å². The van der Waals surface area contributed by atoms with Crippen molar-refractivity contribution in [1.29, 1.82) is 0 Å². The molecule has 0 spiro atoms. The molecule has 0 aliphatic carbocycles. The lowest BCUT2D eigenvalue weighted by Gasteiger charge is -2.27. The number of ketones is 1. The maximum absolute atomic E-state index is 14.0. The molecule has 36 heavy (non-hydrogen) atoms. The van der Waals surface area contributed by atoms with E-state index < -0.39 is 23.5 Å². The van der Waals surface area contributed by atoms with E-state index in [4.69, 9.17) is 23.2 Å². The lowest BCUT2D eigenvalue weighted by molar-refractivity contribution is -0.129. The first kappa shape index (κ1) is 24.8. The van der Waals surface area contributed by atoms with E-state index in [0.717, 1.165) is 17.6 Å². The summed E-state index contributed by atoms with van der Waals surface area (Å²) in [6, 6.07) is 11.9. The van der Waals surface area contributed by atoms with E-state index in [1.807, 2.05) is 54.6 Å². The maximum atomic E-state index is 14.0. The van der Waals surface area contributed by atoms with Gasteiger partial charge in [-0.1, -0.05) is 52.7 Å². The van der Waals surface area contributed by atoms with Gasteiger partial charge in [0, 0.05) is 12.2 Å². The normalized spacial score (nSPS) is 16.3. The highest BCUT2D eigenvalue weighted by Crippen LogP contribution is 2.42. The predicted molar refractivity (Wildman–Crippen MR) is 143 cm³/mol. The van der Waals surface area contributed by atoms with Gasteiger partial charge in [-0.05, 0) is 63.8 Å². The zero-order valence-corrected chi connectivity index (χ0v) is 22.3. The molecule has 186 valence electrons. The van der Waals surface area contributed by atoms with Gasteiger partial charge in [-0.2, -0.15) is 0 Å². The fraction of sp³-hybridized carbons (Fsp3) is 0.269. The van der Waals surface area contributed by atoms with Gasteiger partial charge in [-0.15, -0.1) is 0 Å². The summed E-state index contributed by atoms with van der Waals surface area (Å²) >= 11 is 13.7. The van der Waals surface area contributed by atoms with Gasteiger partial charge >= 0.3 is 0 Å². The molecule has 7 nitrogen and oxygen atoms in total. The molecule has 1 amide bonds. The van der Waals surface area contributed by atoms with Gasteiger partial charge in [-0.25, -0.2) is 4.98 Å². The second-order valence-corrected chi connectivity index (χ2v) is 10.8. The molecule has 2 aromatic heterocycles. The summed E-state index contributed by atoms with van der Waals surface area (Å²) in [6.07, 6.45) is 0.670. The molecule has 0 bridgehead atoms. The van der Waals surface area contributed by atoms with Crippen LogP contribution in [-0.2, 0) is 4.79 Å².